The van der Waals surface area contributed by atoms with Gasteiger partial charge in [-0.1, -0.05) is 0 Å². The van der Waals surface area contributed by atoms with E-state index in [1.807, 2.05) is 0 Å². The minimum atomic E-state index is -1.05. The molecule has 0 heterocycles. The smallest absolute Gasteiger partial charge is 0.341 e. The van der Waals surface area contributed by atoms with E-state index in [1.54, 1.807) is 0 Å². The molecule has 0 fully saturated rings. The van der Waals surface area contributed by atoms with Crippen LogP contribution in [-0.4, -0.2) is 30.5 Å². The number of phenols is 1. The first-order valence-corrected chi connectivity index (χ1v) is 4.85. The van der Waals surface area contributed by atoms with Gasteiger partial charge < -0.3 is 15.6 Å². The summed E-state index contributed by atoms with van der Waals surface area (Å²) in [5.41, 5.74) is 4.80. The van der Waals surface area contributed by atoms with Crippen LogP contribution in [0.4, 0.5) is 4.39 Å². The first-order valence-electron chi connectivity index (χ1n) is 4.85. The Balaban J connectivity index is 3.23. The van der Waals surface area contributed by atoms with Gasteiger partial charge in [0.15, 0.2) is 17.3 Å². The van der Waals surface area contributed by atoms with Crippen molar-refractivity contribution in [2.75, 3.05) is 13.7 Å². The highest BCUT2D eigenvalue weighted by Crippen LogP contribution is 2.24. The molecule has 1 aromatic rings. The minimum Gasteiger partial charge on any atom is -0.504 e. The third kappa shape index (κ3) is 2.79. The van der Waals surface area contributed by atoms with E-state index in [9.17, 15) is 19.1 Å². The third-order valence-corrected chi connectivity index (χ3v) is 2.16. The highest BCUT2D eigenvalue weighted by Gasteiger charge is 2.19. The lowest BCUT2D eigenvalue weighted by atomic mass is 10.0. The van der Waals surface area contributed by atoms with Gasteiger partial charge in [0.05, 0.1) is 7.11 Å². The topological polar surface area (TPSA) is 89.6 Å². The van der Waals surface area contributed by atoms with Gasteiger partial charge in [-0.05, 0) is 18.7 Å². The molecule has 5 nitrogen and oxygen atoms in total. The normalized spacial score (nSPS) is 10.1. The average Bonchev–Trinajstić information content (AvgIpc) is 2.31. The zero-order chi connectivity index (χ0) is 13.0. The first-order chi connectivity index (χ1) is 8.01. The standard InChI is InChI=1S/C11H12FNO4/c1-17-11(16)7-4-6(9(14)2-3-13)5-8(12)10(7)15/h4-5,15H,2-3,13H2,1H3. The van der Waals surface area contributed by atoms with Gasteiger partial charge in [-0.25, -0.2) is 9.18 Å². The number of ketones is 1. The fourth-order valence-corrected chi connectivity index (χ4v) is 1.30. The Kier molecular flexibility index (Phi) is 4.17. The number of aromatic hydroxyl groups is 1. The van der Waals surface area contributed by atoms with Crippen LogP contribution in [0.25, 0.3) is 0 Å². The van der Waals surface area contributed by atoms with Gasteiger partial charge in [-0.2, -0.15) is 0 Å². The summed E-state index contributed by atoms with van der Waals surface area (Å²) in [6, 6.07) is 1.95. The number of carbonyl (C=O) groups excluding carboxylic acids is 2. The Morgan fingerprint density at radius 1 is 1.47 bits per heavy atom. The molecule has 3 N–H and O–H groups in total. The first kappa shape index (κ1) is 13.1. The predicted molar refractivity (Wildman–Crippen MR) is 57.4 cm³/mol. The highest BCUT2D eigenvalue weighted by atomic mass is 19.1. The Bertz CT molecular complexity index is 459. The Labute approximate surface area is 97.0 Å². The van der Waals surface area contributed by atoms with Gasteiger partial charge in [0, 0.05) is 12.0 Å². The maximum atomic E-state index is 13.3. The van der Waals surface area contributed by atoms with Gasteiger partial charge in [0.2, 0.25) is 0 Å². The number of nitrogens with two attached hydrogens (primary N) is 1. The molecule has 0 saturated carbocycles. The SMILES string of the molecule is COC(=O)c1cc(C(=O)CCN)cc(F)c1O. The lowest BCUT2D eigenvalue weighted by molar-refractivity contribution is 0.0596. The van der Waals surface area contributed by atoms with E-state index in [0.717, 1.165) is 19.2 Å². The summed E-state index contributed by atoms with van der Waals surface area (Å²) < 4.78 is 17.7. The molecule has 0 aliphatic heterocycles. The second kappa shape index (κ2) is 5.40. The summed E-state index contributed by atoms with van der Waals surface area (Å²) >= 11 is 0. The molecular formula is C11H12FNO4. The van der Waals surface area contributed by atoms with Crippen LogP contribution in [0.5, 0.6) is 5.75 Å². The van der Waals surface area contributed by atoms with E-state index in [0.29, 0.717) is 0 Å². The van der Waals surface area contributed by atoms with Crippen LogP contribution in [0.3, 0.4) is 0 Å². The third-order valence-electron chi connectivity index (χ3n) is 2.16. The highest BCUT2D eigenvalue weighted by molar-refractivity contribution is 6.00. The van der Waals surface area contributed by atoms with Gasteiger partial charge in [-0.15, -0.1) is 0 Å². The van der Waals surface area contributed by atoms with Gasteiger partial charge in [0.1, 0.15) is 5.56 Å². The van der Waals surface area contributed by atoms with Crippen molar-refractivity contribution in [2.24, 2.45) is 5.73 Å². The van der Waals surface area contributed by atoms with Crippen molar-refractivity contribution < 1.29 is 23.8 Å². The van der Waals surface area contributed by atoms with E-state index in [1.165, 1.54) is 0 Å². The van der Waals surface area contributed by atoms with E-state index in [2.05, 4.69) is 4.74 Å². The van der Waals surface area contributed by atoms with Crippen molar-refractivity contribution in [2.45, 2.75) is 6.42 Å². The van der Waals surface area contributed by atoms with E-state index < -0.39 is 23.3 Å². The van der Waals surface area contributed by atoms with Crippen LogP contribution >= 0.6 is 0 Å². The molecule has 0 aliphatic rings. The van der Waals surface area contributed by atoms with Crippen molar-refractivity contribution in [1.29, 1.82) is 0 Å². The molecule has 0 aromatic heterocycles. The number of phenolic OH excluding ortho intramolecular Hbond substituents is 1. The number of Topliss-reactive ketones (excluding diaryl/α,β-unsaturated/α-hetero) is 1. The van der Waals surface area contributed by atoms with Crippen molar-refractivity contribution in [3.8, 4) is 5.75 Å². The lowest BCUT2D eigenvalue weighted by Gasteiger charge is -2.06. The molecule has 0 saturated heterocycles. The molecule has 0 atom stereocenters. The van der Waals surface area contributed by atoms with Crippen LogP contribution in [0.2, 0.25) is 0 Å². The summed E-state index contributed by atoms with van der Waals surface area (Å²) in [5, 5.41) is 9.32. The molecular weight excluding hydrogens is 229 g/mol. The number of rotatable bonds is 4. The van der Waals surface area contributed by atoms with E-state index in [4.69, 9.17) is 5.73 Å². The van der Waals surface area contributed by atoms with Crippen LogP contribution in [-0.2, 0) is 4.74 Å². The Morgan fingerprint density at radius 2 is 2.12 bits per heavy atom. The van der Waals surface area contributed by atoms with Gasteiger partial charge >= 0.3 is 5.97 Å². The summed E-state index contributed by atoms with van der Waals surface area (Å²) in [6.07, 6.45) is 0.0326. The molecule has 0 aliphatic carbocycles. The van der Waals surface area contributed by atoms with Gasteiger partial charge in [-0.3, -0.25) is 4.79 Å². The maximum absolute atomic E-state index is 13.3. The van der Waals surface area contributed by atoms with Crippen molar-refractivity contribution in [3.63, 3.8) is 0 Å². The zero-order valence-electron chi connectivity index (χ0n) is 9.20. The molecule has 0 radical (unpaired) electrons. The Morgan fingerprint density at radius 3 is 2.65 bits per heavy atom. The second-order valence-electron chi connectivity index (χ2n) is 3.31. The van der Waals surface area contributed by atoms with E-state index >= 15 is 0 Å². The van der Waals surface area contributed by atoms with Crippen LogP contribution in [0.1, 0.15) is 27.1 Å². The van der Waals surface area contributed by atoms with Crippen LogP contribution in [0.15, 0.2) is 12.1 Å². The van der Waals surface area contributed by atoms with Crippen molar-refractivity contribution in [3.05, 3.63) is 29.1 Å². The fourth-order valence-electron chi connectivity index (χ4n) is 1.30. The molecule has 92 valence electrons. The number of methoxy groups -OCH3 is 1. The maximum Gasteiger partial charge on any atom is 0.341 e. The summed E-state index contributed by atoms with van der Waals surface area (Å²) in [6.45, 7) is 0.120. The summed E-state index contributed by atoms with van der Waals surface area (Å²) in [4.78, 5) is 22.7. The predicted octanol–water partition coefficient (Wildman–Crippen LogP) is 0.849. The minimum absolute atomic E-state index is 0.0221. The van der Waals surface area contributed by atoms with Crippen molar-refractivity contribution >= 4 is 11.8 Å². The van der Waals surface area contributed by atoms with Crippen LogP contribution in [0, 0.1) is 5.82 Å². The number of ether oxygens (including phenoxy) is 1. The molecule has 6 heteroatoms. The average molecular weight is 241 g/mol. The molecule has 1 rings (SSSR count). The Hall–Kier alpha value is -1.95. The molecule has 0 unspecified atom stereocenters. The van der Waals surface area contributed by atoms with Gasteiger partial charge in [0.25, 0.3) is 0 Å². The number of esters is 1. The molecule has 17 heavy (non-hydrogen) atoms. The number of hydrogen-bond acceptors (Lipinski definition) is 5. The fraction of sp³-hybridized carbons (Fsp3) is 0.273. The molecule has 1 aromatic carbocycles. The molecule has 0 amide bonds. The summed E-state index contributed by atoms with van der Waals surface area (Å²) in [5.74, 6) is -3.20. The molecule has 0 spiro atoms. The monoisotopic (exact) mass is 241 g/mol. The largest absolute Gasteiger partial charge is 0.504 e. The number of carbonyl (C=O) groups is 2. The number of halogens is 1. The van der Waals surface area contributed by atoms with Crippen LogP contribution < -0.4 is 5.73 Å². The number of benzene rings is 1. The van der Waals surface area contributed by atoms with Crippen molar-refractivity contribution in [1.82, 2.24) is 0 Å². The molecule has 0 bridgehead atoms. The second-order valence-corrected chi connectivity index (χ2v) is 3.31. The van der Waals surface area contributed by atoms with E-state index in [-0.39, 0.29) is 24.1 Å². The zero-order valence-corrected chi connectivity index (χ0v) is 9.20. The number of hydrogen-bond donors (Lipinski definition) is 2. The lowest BCUT2D eigenvalue weighted by Crippen LogP contribution is -2.10. The quantitative estimate of drug-likeness (QED) is 0.602. The summed E-state index contributed by atoms with van der Waals surface area (Å²) in [7, 11) is 1.09.